The van der Waals surface area contributed by atoms with Gasteiger partial charge in [0.15, 0.2) is 0 Å². The monoisotopic (exact) mass is 234 g/mol. The van der Waals surface area contributed by atoms with Crippen molar-refractivity contribution < 1.29 is 0 Å². The molecule has 98 valence electrons. The van der Waals surface area contributed by atoms with E-state index in [0.29, 0.717) is 0 Å². The van der Waals surface area contributed by atoms with Crippen molar-refractivity contribution >= 4 is 0 Å². The van der Waals surface area contributed by atoms with E-state index in [1.54, 1.807) is 11.1 Å². The molecular weight excluding hydrogens is 204 g/mol. The number of aryl methyl sites for hydroxylation is 1. The predicted molar refractivity (Wildman–Crippen MR) is 81.7 cm³/mol. The molecule has 1 aliphatic carbocycles. The van der Waals surface area contributed by atoms with Crippen molar-refractivity contribution in [3.8, 4) is 0 Å². The molecule has 2 rings (SSSR count). The van der Waals surface area contributed by atoms with Crippen molar-refractivity contribution in [1.29, 1.82) is 0 Å². The summed E-state index contributed by atoms with van der Waals surface area (Å²) in [5, 5.41) is 0. The predicted octanol–water partition coefficient (Wildman–Crippen LogP) is 5.81. The molecule has 0 unspecified atom stereocenters. The third kappa shape index (κ3) is 5.72. The van der Waals surface area contributed by atoms with Crippen molar-refractivity contribution in [3.05, 3.63) is 47.0 Å². The summed E-state index contributed by atoms with van der Waals surface area (Å²) >= 11 is 0. The van der Waals surface area contributed by atoms with Gasteiger partial charge in [-0.05, 0) is 43.7 Å². The molecule has 17 heavy (non-hydrogen) atoms. The fourth-order valence-electron chi connectivity index (χ4n) is 1.94. The summed E-state index contributed by atoms with van der Waals surface area (Å²) in [5.74, 6) is 0. The zero-order valence-electron chi connectivity index (χ0n) is 10.2. The third-order valence-electron chi connectivity index (χ3n) is 2.81. The first kappa shape index (κ1) is 18.3. The molecule has 0 aliphatic heterocycles. The van der Waals surface area contributed by atoms with Gasteiger partial charge in [0.2, 0.25) is 0 Å². The first-order chi connectivity index (χ1) is 7.36. The minimum atomic E-state index is 0. The maximum atomic E-state index is 2.37. The van der Waals surface area contributed by atoms with Crippen LogP contribution in [0.3, 0.4) is 0 Å². The molecule has 0 spiro atoms. The zero-order valence-corrected chi connectivity index (χ0v) is 10.2. The van der Waals surface area contributed by atoms with Gasteiger partial charge in [0.05, 0.1) is 0 Å². The van der Waals surface area contributed by atoms with Crippen molar-refractivity contribution in [3.63, 3.8) is 0 Å². The molecule has 0 fully saturated rings. The number of hydrogen-bond donors (Lipinski definition) is 0. The number of hydrogen-bond acceptors (Lipinski definition) is 0. The van der Waals surface area contributed by atoms with Gasteiger partial charge in [0.25, 0.3) is 0 Å². The highest BCUT2D eigenvalue weighted by Gasteiger charge is 2.03. The quantitative estimate of drug-likeness (QED) is 0.497. The van der Waals surface area contributed by atoms with Gasteiger partial charge in [0, 0.05) is 0 Å². The molecule has 0 heterocycles. The van der Waals surface area contributed by atoms with Crippen LogP contribution in [0.25, 0.3) is 0 Å². The average molecular weight is 234 g/mol. The van der Waals surface area contributed by atoms with Crippen molar-refractivity contribution in [2.24, 2.45) is 0 Å². The van der Waals surface area contributed by atoms with E-state index in [4.69, 9.17) is 0 Å². The molecule has 0 amide bonds. The Kier molecular flexibility index (Phi) is 10.9. The van der Waals surface area contributed by atoms with Crippen LogP contribution in [0.5, 0.6) is 0 Å². The molecule has 0 atom stereocenters. The summed E-state index contributed by atoms with van der Waals surface area (Å²) in [4.78, 5) is 0. The highest BCUT2D eigenvalue weighted by atomic mass is 14.1. The average Bonchev–Trinajstić information content (AvgIpc) is 2.28. The lowest BCUT2D eigenvalue weighted by molar-refractivity contribution is 0.790. The Balaban J connectivity index is 0. The number of allylic oxidation sites excluding steroid dienone is 2. The number of benzene rings is 1. The van der Waals surface area contributed by atoms with Crippen molar-refractivity contribution in [2.45, 2.75) is 61.3 Å². The van der Waals surface area contributed by atoms with E-state index in [9.17, 15) is 0 Å². The lowest BCUT2D eigenvalue weighted by atomic mass is 9.94. The van der Waals surface area contributed by atoms with Gasteiger partial charge >= 0.3 is 0 Å². The molecule has 0 saturated carbocycles. The second-order valence-corrected chi connectivity index (χ2v) is 3.88. The van der Waals surface area contributed by atoms with E-state index < -0.39 is 0 Å². The lowest BCUT2D eigenvalue weighted by Crippen LogP contribution is -1.97. The fourth-order valence-corrected chi connectivity index (χ4v) is 1.94. The van der Waals surface area contributed by atoms with Crippen LogP contribution in [0, 0.1) is 0 Å². The SMILES string of the molecule is C.C.C/C1=C/Cc2ccccc2CCC1.CC. The summed E-state index contributed by atoms with van der Waals surface area (Å²) in [7, 11) is 0. The summed E-state index contributed by atoms with van der Waals surface area (Å²) in [6.07, 6.45) is 7.33. The van der Waals surface area contributed by atoms with Gasteiger partial charge in [-0.25, -0.2) is 0 Å². The van der Waals surface area contributed by atoms with Crippen LogP contribution >= 0.6 is 0 Å². The van der Waals surface area contributed by atoms with Gasteiger partial charge in [-0.2, -0.15) is 0 Å². The van der Waals surface area contributed by atoms with E-state index in [0.717, 1.165) is 6.42 Å². The molecule has 0 bridgehead atoms. The minimum Gasteiger partial charge on any atom is -0.0812 e. The molecule has 0 radical (unpaired) electrons. The molecule has 0 nitrogen and oxygen atoms in total. The van der Waals surface area contributed by atoms with Crippen LogP contribution in [-0.4, -0.2) is 0 Å². The molecule has 1 aliphatic rings. The van der Waals surface area contributed by atoms with Crippen LogP contribution in [0.2, 0.25) is 0 Å². The standard InChI is InChI=1S/C13H16.C2H6.2CH4/c1-11-5-4-8-12-6-2-3-7-13(12)10-9-11;1-2;;/h2-3,6-7,9H,4-5,8,10H2,1H3;1-2H3;2*1H4/b11-9-;;;. The maximum absolute atomic E-state index is 2.37. The summed E-state index contributed by atoms with van der Waals surface area (Å²) in [5.41, 5.74) is 4.61. The summed E-state index contributed by atoms with van der Waals surface area (Å²) in [6.45, 7) is 6.24. The molecule has 0 aromatic heterocycles. The highest BCUT2D eigenvalue weighted by Crippen LogP contribution is 2.19. The third-order valence-corrected chi connectivity index (χ3v) is 2.81. The number of rotatable bonds is 0. The summed E-state index contributed by atoms with van der Waals surface area (Å²) < 4.78 is 0. The van der Waals surface area contributed by atoms with E-state index in [1.807, 2.05) is 13.8 Å². The van der Waals surface area contributed by atoms with Gasteiger partial charge in [-0.3, -0.25) is 0 Å². The summed E-state index contributed by atoms with van der Waals surface area (Å²) in [6, 6.07) is 8.81. The van der Waals surface area contributed by atoms with Gasteiger partial charge < -0.3 is 0 Å². The molecular formula is C17H30. The molecule has 0 heteroatoms. The Hall–Kier alpha value is -1.04. The van der Waals surface area contributed by atoms with Gasteiger partial charge in [0.1, 0.15) is 0 Å². The maximum Gasteiger partial charge on any atom is -0.00921 e. The number of fused-ring (bicyclic) bond motifs is 1. The van der Waals surface area contributed by atoms with E-state index in [2.05, 4.69) is 37.3 Å². The topological polar surface area (TPSA) is 0 Å². The zero-order chi connectivity index (χ0) is 11.1. The second-order valence-electron chi connectivity index (χ2n) is 3.88. The lowest BCUT2D eigenvalue weighted by Gasteiger charge is -2.11. The first-order valence-electron chi connectivity index (χ1n) is 6.08. The van der Waals surface area contributed by atoms with Crippen LogP contribution in [0.1, 0.15) is 59.6 Å². The Labute approximate surface area is 109 Å². The molecule has 0 saturated heterocycles. The Morgan fingerprint density at radius 3 is 2.12 bits per heavy atom. The van der Waals surface area contributed by atoms with Crippen LogP contribution in [0.15, 0.2) is 35.9 Å². The van der Waals surface area contributed by atoms with Crippen molar-refractivity contribution in [1.82, 2.24) is 0 Å². The van der Waals surface area contributed by atoms with Gasteiger partial charge in [-0.1, -0.05) is 64.6 Å². The minimum absolute atomic E-state index is 0. The second kappa shape index (κ2) is 10.1. The largest absolute Gasteiger partial charge is 0.0812 e. The van der Waals surface area contributed by atoms with E-state index in [-0.39, 0.29) is 14.9 Å². The van der Waals surface area contributed by atoms with Crippen molar-refractivity contribution in [2.75, 3.05) is 0 Å². The fraction of sp³-hybridized carbons (Fsp3) is 0.529. The Bertz CT molecular complexity index is 321. The molecule has 1 aromatic carbocycles. The molecule has 1 aromatic rings. The highest BCUT2D eigenvalue weighted by molar-refractivity contribution is 5.30. The van der Waals surface area contributed by atoms with Gasteiger partial charge in [-0.15, -0.1) is 0 Å². The van der Waals surface area contributed by atoms with Crippen LogP contribution in [-0.2, 0) is 12.8 Å². The Morgan fingerprint density at radius 2 is 1.47 bits per heavy atom. The van der Waals surface area contributed by atoms with Crippen LogP contribution in [0.4, 0.5) is 0 Å². The van der Waals surface area contributed by atoms with E-state index >= 15 is 0 Å². The first-order valence-corrected chi connectivity index (χ1v) is 6.08. The smallest absolute Gasteiger partial charge is 0.00921 e. The van der Waals surface area contributed by atoms with Crippen LogP contribution < -0.4 is 0 Å². The van der Waals surface area contributed by atoms with E-state index in [1.165, 1.54) is 24.8 Å². The normalized spacial score (nSPS) is 16.3. The Morgan fingerprint density at radius 1 is 0.882 bits per heavy atom. The molecule has 0 N–H and O–H groups in total.